The molecule has 1 rings (SSSR count). The molecular formula is C16H26N2O3. The van der Waals surface area contributed by atoms with Crippen LogP contribution in [-0.2, 0) is 9.53 Å². The van der Waals surface area contributed by atoms with Crippen LogP contribution in [0.5, 0.6) is 0 Å². The minimum atomic E-state index is -0.0327. The Bertz CT molecular complexity index is 452. The Hall–Kier alpha value is -1.43. The van der Waals surface area contributed by atoms with Gasteiger partial charge < -0.3 is 15.2 Å². The molecule has 0 atom stereocenters. The summed E-state index contributed by atoms with van der Waals surface area (Å²) in [4.78, 5) is 14.0. The monoisotopic (exact) mass is 294 g/mol. The lowest BCUT2D eigenvalue weighted by Gasteiger charge is -2.18. The summed E-state index contributed by atoms with van der Waals surface area (Å²) in [5.41, 5.74) is 4.25. The van der Waals surface area contributed by atoms with Crippen LogP contribution < -0.4 is 5.32 Å². The number of carbonyl (C=O) groups excluding carboxylic acids is 1. The van der Waals surface area contributed by atoms with Crippen LogP contribution in [0.15, 0.2) is 12.1 Å². The molecule has 0 aliphatic heterocycles. The molecule has 0 fully saturated rings. The lowest BCUT2D eigenvalue weighted by molar-refractivity contribution is -0.117. The Morgan fingerprint density at radius 1 is 1.24 bits per heavy atom. The fraction of sp³-hybridized carbons (Fsp3) is 0.562. The first-order valence-corrected chi connectivity index (χ1v) is 7.19. The third-order valence-electron chi connectivity index (χ3n) is 3.21. The van der Waals surface area contributed by atoms with Crippen molar-refractivity contribution in [3.63, 3.8) is 0 Å². The fourth-order valence-electron chi connectivity index (χ4n) is 2.27. The van der Waals surface area contributed by atoms with E-state index in [1.807, 2.05) is 32.7 Å². The topological polar surface area (TPSA) is 61.8 Å². The fourth-order valence-corrected chi connectivity index (χ4v) is 2.27. The number of aliphatic hydroxyl groups excluding tert-OH is 1. The van der Waals surface area contributed by atoms with E-state index >= 15 is 0 Å². The number of nitrogens with one attached hydrogen (secondary N) is 1. The van der Waals surface area contributed by atoms with Crippen LogP contribution >= 0.6 is 0 Å². The summed E-state index contributed by atoms with van der Waals surface area (Å²) in [6, 6.07) is 4.13. The Morgan fingerprint density at radius 2 is 1.86 bits per heavy atom. The maximum Gasteiger partial charge on any atom is 0.238 e. The summed E-state index contributed by atoms with van der Waals surface area (Å²) in [6.45, 7) is 7.88. The van der Waals surface area contributed by atoms with E-state index in [2.05, 4.69) is 17.4 Å². The number of carbonyl (C=O) groups is 1. The first-order valence-electron chi connectivity index (χ1n) is 7.19. The van der Waals surface area contributed by atoms with Crippen LogP contribution in [-0.4, -0.2) is 55.9 Å². The summed E-state index contributed by atoms with van der Waals surface area (Å²) in [5.74, 6) is -0.0327. The van der Waals surface area contributed by atoms with Gasteiger partial charge in [-0.3, -0.25) is 9.69 Å². The van der Waals surface area contributed by atoms with E-state index in [-0.39, 0.29) is 12.5 Å². The van der Waals surface area contributed by atoms with Crippen LogP contribution in [0.4, 0.5) is 5.69 Å². The van der Waals surface area contributed by atoms with E-state index in [9.17, 15) is 4.79 Å². The van der Waals surface area contributed by atoms with Gasteiger partial charge in [-0.05, 0) is 38.9 Å². The Labute approximate surface area is 126 Å². The van der Waals surface area contributed by atoms with Gasteiger partial charge in [0.1, 0.15) is 0 Å². The van der Waals surface area contributed by atoms with Gasteiger partial charge in [0.05, 0.1) is 26.4 Å². The second kappa shape index (κ2) is 8.77. The largest absolute Gasteiger partial charge is 0.394 e. The highest BCUT2D eigenvalue weighted by Crippen LogP contribution is 2.21. The van der Waals surface area contributed by atoms with E-state index in [4.69, 9.17) is 9.84 Å². The van der Waals surface area contributed by atoms with Crippen LogP contribution in [0.3, 0.4) is 0 Å². The molecule has 1 amide bonds. The minimum absolute atomic E-state index is 0.0240. The Balaban J connectivity index is 2.47. The third kappa shape index (κ3) is 6.25. The van der Waals surface area contributed by atoms with Crippen molar-refractivity contribution in [2.75, 3.05) is 45.3 Å². The molecule has 0 aliphatic rings. The molecule has 0 bridgehead atoms. The van der Waals surface area contributed by atoms with Gasteiger partial charge in [-0.2, -0.15) is 0 Å². The molecule has 5 nitrogen and oxygen atoms in total. The Kier molecular flexibility index (Phi) is 7.36. The van der Waals surface area contributed by atoms with E-state index in [0.717, 1.165) is 16.8 Å². The average Bonchev–Trinajstić information content (AvgIpc) is 2.39. The van der Waals surface area contributed by atoms with E-state index in [0.29, 0.717) is 26.3 Å². The van der Waals surface area contributed by atoms with Gasteiger partial charge in [0.25, 0.3) is 0 Å². The Morgan fingerprint density at radius 3 is 2.43 bits per heavy atom. The SMILES string of the molecule is Cc1cc(C)c(NC(=O)CN(C)CCOCCO)c(C)c1. The second-order valence-electron chi connectivity index (χ2n) is 5.40. The lowest BCUT2D eigenvalue weighted by atomic mass is 10.1. The quantitative estimate of drug-likeness (QED) is 0.713. The number of aryl methyl sites for hydroxylation is 3. The molecule has 0 spiro atoms. The molecule has 2 N–H and O–H groups in total. The summed E-state index contributed by atoms with van der Waals surface area (Å²) >= 11 is 0. The zero-order valence-electron chi connectivity index (χ0n) is 13.4. The molecule has 21 heavy (non-hydrogen) atoms. The van der Waals surface area contributed by atoms with Gasteiger partial charge in [-0.25, -0.2) is 0 Å². The molecule has 0 aliphatic carbocycles. The van der Waals surface area contributed by atoms with Gasteiger partial charge in [0.15, 0.2) is 0 Å². The normalized spacial score (nSPS) is 11.0. The number of likely N-dealkylation sites (N-methyl/N-ethyl adjacent to an activating group) is 1. The molecular weight excluding hydrogens is 268 g/mol. The number of nitrogens with zero attached hydrogens (tertiary/aromatic N) is 1. The summed E-state index contributed by atoms with van der Waals surface area (Å²) in [6.07, 6.45) is 0. The van der Waals surface area contributed by atoms with Crippen molar-refractivity contribution in [1.82, 2.24) is 4.90 Å². The first-order chi connectivity index (χ1) is 9.93. The number of ether oxygens (including phenoxy) is 1. The number of hydrogen-bond donors (Lipinski definition) is 2. The molecule has 0 aromatic heterocycles. The number of hydrogen-bond acceptors (Lipinski definition) is 4. The van der Waals surface area contributed by atoms with Crippen LogP contribution in [0.2, 0.25) is 0 Å². The zero-order chi connectivity index (χ0) is 15.8. The van der Waals surface area contributed by atoms with Gasteiger partial charge in [-0.15, -0.1) is 0 Å². The molecule has 118 valence electrons. The van der Waals surface area contributed by atoms with Crippen molar-refractivity contribution in [3.8, 4) is 0 Å². The molecule has 5 heteroatoms. The second-order valence-corrected chi connectivity index (χ2v) is 5.40. The number of rotatable bonds is 8. The van der Waals surface area contributed by atoms with E-state index in [1.54, 1.807) is 0 Å². The maximum atomic E-state index is 12.1. The summed E-state index contributed by atoms with van der Waals surface area (Å²) in [7, 11) is 1.87. The van der Waals surface area contributed by atoms with Crippen molar-refractivity contribution in [2.24, 2.45) is 0 Å². The molecule has 0 unspecified atom stereocenters. The van der Waals surface area contributed by atoms with Crippen molar-refractivity contribution < 1.29 is 14.6 Å². The molecule has 0 saturated carbocycles. The number of amides is 1. The number of aliphatic hydroxyl groups is 1. The van der Waals surface area contributed by atoms with E-state index < -0.39 is 0 Å². The van der Waals surface area contributed by atoms with Gasteiger partial charge in [0.2, 0.25) is 5.91 Å². The highest BCUT2D eigenvalue weighted by atomic mass is 16.5. The van der Waals surface area contributed by atoms with Crippen LogP contribution in [0.25, 0.3) is 0 Å². The molecule has 0 radical (unpaired) electrons. The van der Waals surface area contributed by atoms with Crippen molar-refractivity contribution in [2.45, 2.75) is 20.8 Å². The molecule has 1 aromatic rings. The van der Waals surface area contributed by atoms with Crippen molar-refractivity contribution in [1.29, 1.82) is 0 Å². The average molecular weight is 294 g/mol. The van der Waals surface area contributed by atoms with Gasteiger partial charge in [0, 0.05) is 12.2 Å². The number of benzene rings is 1. The first kappa shape index (κ1) is 17.6. The molecule has 0 heterocycles. The van der Waals surface area contributed by atoms with E-state index in [1.165, 1.54) is 5.56 Å². The number of anilines is 1. The van der Waals surface area contributed by atoms with Gasteiger partial charge >= 0.3 is 0 Å². The van der Waals surface area contributed by atoms with Crippen molar-refractivity contribution in [3.05, 3.63) is 28.8 Å². The third-order valence-corrected chi connectivity index (χ3v) is 3.21. The smallest absolute Gasteiger partial charge is 0.238 e. The van der Waals surface area contributed by atoms with Crippen LogP contribution in [0.1, 0.15) is 16.7 Å². The predicted octanol–water partition coefficient (Wildman–Crippen LogP) is 1.49. The molecule has 0 saturated heterocycles. The van der Waals surface area contributed by atoms with Crippen molar-refractivity contribution >= 4 is 11.6 Å². The van der Waals surface area contributed by atoms with Crippen LogP contribution in [0, 0.1) is 20.8 Å². The predicted molar refractivity (Wildman–Crippen MR) is 84.7 cm³/mol. The molecule has 1 aromatic carbocycles. The maximum absolute atomic E-state index is 12.1. The minimum Gasteiger partial charge on any atom is -0.394 e. The standard InChI is InChI=1S/C16H26N2O3/c1-12-9-13(2)16(14(3)10-12)17-15(20)11-18(4)5-7-21-8-6-19/h9-10,19H,5-8,11H2,1-4H3,(H,17,20). The highest BCUT2D eigenvalue weighted by Gasteiger charge is 2.10. The lowest BCUT2D eigenvalue weighted by Crippen LogP contribution is -2.33. The van der Waals surface area contributed by atoms with Gasteiger partial charge in [-0.1, -0.05) is 17.7 Å². The zero-order valence-corrected chi connectivity index (χ0v) is 13.4. The highest BCUT2D eigenvalue weighted by molar-refractivity contribution is 5.93. The summed E-state index contributed by atoms with van der Waals surface area (Å²) < 4.78 is 5.18. The summed E-state index contributed by atoms with van der Waals surface area (Å²) in [5, 5.41) is 11.6.